The first-order valence-corrected chi connectivity index (χ1v) is 5.69. The van der Waals surface area contributed by atoms with Crippen LogP contribution in [0.4, 0.5) is 0 Å². The summed E-state index contributed by atoms with van der Waals surface area (Å²) in [5.74, 6) is 0.953. The van der Waals surface area contributed by atoms with E-state index in [0.717, 1.165) is 29.7 Å². The highest BCUT2D eigenvalue weighted by molar-refractivity contribution is 5.88. The van der Waals surface area contributed by atoms with E-state index in [1.54, 1.807) is 0 Å². The number of hydrogen-bond acceptors (Lipinski definition) is 2. The Labute approximate surface area is 96.0 Å². The van der Waals surface area contributed by atoms with Crippen LogP contribution in [0.2, 0.25) is 0 Å². The fourth-order valence-electron chi connectivity index (χ4n) is 1.76. The Morgan fingerprint density at radius 2 is 2.06 bits per heavy atom. The van der Waals surface area contributed by atoms with Gasteiger partial charge in [-0.15, -0.1) is 0 Å². The van der Waals surface area contributed by atoms with Crippen LogP contribution >= 0.6 is 0 Å². The van der Waals surface area contributed by atoms with Crippen LogP contribution in [0.25, 0.3) is 10.8 Å². The van der Waals surface area contributed by atoms with Crippen molar-refractivity contribution in [1.82, 2.24) is 0 Å². The Hall–Kier alpha value is -1.54. The van der Waals surface area contributed by atoms with Gasteiger partial charge in [0.1, 0.15) is 5.75 Å². The summed E-state index contributed by atoms with van der Waals surface area (Å²) in [5, 5.41) is 2.35. The molecule has 0 radical (unpaired) electrons. The topological polar surface area (TPSA) is 35.2 Å². The van der Waals surface area contributed by atoms with Crippen LogP contribution in [0.1, 0.15) is 18.9 Å². The van der Waals surface area contributed by atoms with Gasteiger partial charge in [-0.1, -0.05) is 31.2 Å². The van der Waals surface area contributed by atoms with Gasteiger partial charge in [-0.2, -0.15) is 0 Å². The number of hydrogen-bond donors (Lipinski definition) is 1. The molecular formula is C14H17NO. The first kappa shape index (κ1) is 11.0. The van der Waals surface area contributed by atoms with E-state index in [0.29, 0.717) is 6.54 Å². The predicted octanol–water partition coefficient (Wildman–Crippen LogP) is 3.09. The second-order valence-electron chi connectivity index (χ2n) is 3.86. The first-order chi connectivity index (χ1) is 7.85. The van der Waals surface area contributed by atoms with Crippen molar-refractivity contribution in [2.24, 2.45) is 5.73 Å². The van der Waals surface area contributed by atoms with Gasteiger partial charge >= 0.3 is 0 Å². The molecule has 0 aromatic heterocycles. The highest BCUT2D eigenvalue weighted by Crippen LogP contribution is 2.26. The van der Waals surface area contributed by atoms with Gasteiger partial charge in [-0.05, 0) is 29.5 Å². The minimum absolute atomic E-state index is 0.568. The van der Waals surface area contributed by atoms with Crippen molar-refractivity contribution in [3.05, 3.63) is 42.0 Å². The highest BCUT2D eigenvalue weighted by Gasteiger charge is 2.02. The Morgan fingerprint density at radius 3 is 2.81 bits per heavy atom. The molecule has 0 aliphatic rings. The number of rotatable bonds is 4. The van der Waals surface area contributed by atoms with Crippen molar-refractivity contribution in [2.45, 2.75) is 19.9 Å². The van der Waals surface area contributed by atoms with Crippen molar-refractivity contribution in [2.75, 3.05) is 6.61 Å². The average Bonchev–Trinajstić information content (AvgIpc) is 2.35. The Balaban J connectivity index is 2.46. The minimum Gasteiger partial charge on any atom is -0.493 e. The van der Waals surface area contributed by atoms with Crippen LogP contribution in [0.3, 0.4) is 0 Å². The van der Waals surface area contributed by atoms with Crippen LogP contribution in [-0.2, 0) is 6.54 Å². The molecule has 0 atom stereocenters. The van der Waals surface area contributed by atoms with Crippen LogP contribution in [0, 0.1) is 0 Å². The molecule has 0 fully saturated rings. The van der Waals surface area contributed by atoms with E-state index in [9.17, 15) is 0 Å². The monoisotopic (exact) mass is 215 g/mol. The lowest BCUT2D eigenvalue weighted by Crippen LogP contribution is -1.98. The van der Waals surface area contributed by atoms with Crippen molar-refractivity contribution in [3.8, 4) is 5.75 Å². The smallest absolute Gasteiger partial charge is 0.127 e. The molecule has 2 heteroatoms. The molecule has 2 rings (SSSR count). The van der Waals surface area contributed by atoms with E-state index in [1.807, 2.05) is 12.1 Å². The molecule has 0 spiro atoms. The summed E-state index contributed by atoms with van der Waals surface area (Å²) >= 11 is 0. The fraction of sp³-hybridized carbons (Fsp3) is 0.286. The van der Waals surface area contributed by atoms with Crippen LogP contribution in [0.15, 0.2) is 36.4 Å². The summed E-state index contributed by atoms with van der Waals surface area (Å²) in [4.78, 5) is 0. The molecule has 0 saturated carbocycles. The summed E-state index contributed by atoms with van der Waals surface area (Å²) < 4.78 is 5.73. The molecule has 16 heavy (non-hydrogen) atoms. The minimum atomic E-state index is 0.568. The average molecular weight is 215 g/mol. The SMILES string of the molecule is CCCOc1cccc2ccc(CN)cc12. The van der Waals surface area contributed by atoms with E-state index in [1.165, 1.54) is 5.39 Å². The zero-order valence-corrected chi connectivity index (χ0v) is 9.57. The van der Waals surface area contributed by atoms with Gasteiger partial charge in [0.15, 0.2) is 0 Å². The fourth-order valence-corrected chi connectivity index (χ4v) is 1.76. The predicted molar refractivity (Wildman–Crippen MR) is 67.6 cm³/mol. The molecule has 0 bridgehead atoms. The zero-order valence-electron chi connectivity index (χ0n) is 9.57. The molecule has 0 unspecified atom stereocenters. The number of benzene rings is 2. The van der Waals surface area contributed by atoms with Crippen molar-refractivity contribution >= 4 is 10.8 Å². The van der Waals surface area contributed by atoms with Crippen LogP contribution in [0.5, 0.6) is 5.75 Å². The van der Waals surface area contributed by atoms with Gasteiger partial charge in [-0.3, -0.25) is 0 Å². The first-order valence-electron chi connectivity index (χ1n) is 5.69. The van der Waals surface area contributed by atoms with Gasteiger partial charge in [0.25, 0.3) is 0 Å². The summed E-state index contributed by atoms with van der Waals surface area (Å²) in [6.07, 6.45) is 1.02. The molecule has 2 aromatic rings. The molecular weight excluding hydrogens is 198 g/mol. The zero-order chi connectivity index (χ0) is 11.4. The van der Waals surface area contributed by atoms with E-state index in [2.05, 4.69) is 31.2 Å². The summed E-state index contributed by atoms with van der Waals surface area (Å²) in [7, 11) is 0. The molecule has 0 saturated heterocycles. The Morgan fingerprint density at radius 1 is 1.19 bits per heavy atom. The van der Waals surface area contributed by atoms with Gasteiger partial charge < -0.3 is 10.5 Å². The second-order valence-corrected chi connectivity index (χ2v) is 3.86. The molecule has 0 aliphatic heterocycles. The van der Waals surface area contributed by atoms with Gasteiger partial charge in [-0.25, -0.2) is 0 Å². The lowest BCUT2D eigenvalue weighted by Gasteiger charge is -2.09. The maximum Gasteiger partial charge on any atom is 0.127 e. The normalized spacial score (nSPS) is 10.6. The van der Waals surface area contributed by atoms with Crippen molar-refractivity contribution in [1.29, 1.82) is 0 Å². The van der Waals surface area contributed by atoms with Gasteiger partial charge in [0, 0.05) is 11.9 Å². The van der Waals surface area contributed by atoms with Crippen molar-refractivity contribution in [3.63, 3.8) is 0 Å². The molecule has 2 N–H and O–H groups in total. The van der Waals surface area contributed by atoms with E-state index < -0.39 is 0 Å². The maximum absolute atomic E-state index is 5.73. The molecule has 0 amide bonds. The largest absolute Gasteiger partial charge is 0.493 e. The Kier molecular flexibility index (Phi) is 3.42. The van der Waals surface area contributed by atoms with Gasteiger partial charge in [0.2, 0.25) is 0 Å². The second kappa shape index (κ2) is 4.99. The lowest BCUT2D eigenvalue weighted by atomic mass is 10.1. The molecule has 2 nitrogen and oxygen atoms in total. The van der Waals surface area contributed by atoms with Gasteiger partial charge in [0.05, 0.1) is 6.61 Å². The summed E-state index contributed by atoms with van der Waals surface area (Å²) in [6.45, 7) is 3.43. The quantitative estimate of drug-likeness (QED) is 0.850. The summed E-state index contributed by atoms with van der Waals surface area (Å²) in [6, 6.07) is 12.4. The molecule has 0 aliphatic carbocycles. The Bertz CT molecular complexity index is 479. The van der Waals surface area contributed by atoms with Crippen LogP contribution < -0.4 is 10.5 Å². The van der Waals surface area contributed by atoms with E-state index in [-0.39, 0.29) is 0 Å². The highest BCUT2D eigenvalue weighted by atomic mass is 16.5. The standard InChI is InChI=1S/C14H17NO/c1-2-8-16-14-5-3-4-12-7-6-11(10-15)9-13(12)14/h3-7,9H,2,8,10,15H2,1H3. The third kappa shape index (κ3) is 2.17. The van der Waals surface area contributed by atoms with E-state index >= 15 is 0 Å². The number of nitrogens with two attached hydrogens (primary N) is 1. The lowest BCUT2D eigenvalue weighted by molar-refractivity contribution is 0.321. The summed E-state index contributed by atoms with van der Waals surface area (Å²) in [5.41, 5.74) is 6.79. The number of fused-ring (bicyclic) bond motifs is 1. The van der Waals surface area contributed by atoms with Crippen LogP contribution in [-0.4, -0.2) is 6.61 Å². The maximum atomic E-state index is 5.73. The van der Waals surface area contributed by atoms with Crippen molar-refractivity contribution < 1.29 is 4.74 Å². The van der Waals surface area contributed by atoms with E-state index in [4.69, 9.17) is 10.5 Å². The molecule has 0 heterocycles. The number of ether oxygens (including phenoxy) is 1. The molecule has 84 valence electrons. The third-order valence-corrected chi connectivity index (χ3v) is 2.60. The molecule has 2 aromatic carbocycles. The third-order valence-electron chi connectivity index (χ3n) is 2.60.